The number of likely N-dealkylation sites (N-methyl/N-ethyl adjacent to an activating group) is 1. The van der Waals surface area contributed by atoms with Gasteiger partial charge in [-0.25, -0.2) is 4.79 Å². The molecule has 0 radical (unpaired) electrons. The summed E-state index contributed by atoms with van der Waals surface area (Å²) in [4.78, 5) is 97.8. The number of piperidine rings is 1. The first-order valence-corrected chi connectivity index (χ1v) is 21.1. The molecule has 0 aromatic heterocycles. The molecule has 4 N–H and O–H groups in total. The third-order valence-corrected chi connectivity index (χ3v) is 13.3. The Bertz CT molecular complexity index is 1710. The minimum Gasteiger partial charge on any atom is -0.369 e. The van der Waals surface area contributed by atoms with Gasteiger partial charge in [-0.15, -0.1) is 6.58 Å². The van der Waals surface area contributed by atoms with E-state index in [1.165, 1.54) is 6.08 Å². The lowest BCUT2D eigenvalue weighted by atomic mass is 9.81. The van der Waals surface area contributed by atoms with Crippen molar-refractivity contribution in [1.82, 2.24) is 26.2 Å². The normalized spacial score (nSPS) is 24.0. The van der Waals surface area contributed by atoms with Crippen molar-refractivity contribution in [3.8, 4) is 0 Å². The zero-order chi connectivity index (χ0) is 41.1. The lowest BCUT2D eigenvalue weighted by Crippen LogP contribution is -2.61. The topological polar surface area (TPSA) is 174 Å². The van der Waals surface area contributed by atoms with Gasteiger partial charge in [0, 0.05) is 32.2 Å². The molecule has 0 bridgehead atoms. The summed E-state index contributed by atoms with van der Waals surface area (Å²) in [7, 11) is 1.80. The van der Waals surface area contributed by atoms with Crippen molar-refractivity contribution < 1.29 is 24.0 Å². The number of Topliss-reactive ketones (excluding diaryl/α,β-unsaturated/α-hetero) is 1. The van der Waals surface area contributed by atoms with Crippen LogP contribution in [0.3, 0.4) is 0 Å². The van der Waals surface area contributed by atoms with Gasteiger partial charge in [-0.05, 0) is 66.6 Å². The van der Waals surface area contributed by atoms with Crippen LogP contribution in [0.15, 0.2) is 22.2 Å². The van der Waals surface area contributed by atoms with Gasteiger partial charge in [0.25, 0.3) is 5.91 Å². The lowest BCUT2D eigenvalue weighted by Gasteiger charge is -2.38. The van der Waals surface area contributed by atoms with Gasteiger partial charge in [0.2, 0.25) is 28.5 Å². The number of amides is 5. The number of fused-ring (bicyclic) bond motifs is 1. The van der Waals surface area contributed by atoms with Crippen LogP contribution in [0.5, 0.6) is 0 Å². The van der Waals surface area contributed by atoms with Gasteiger partial charge in [0.1, 0.15) is 12.1 Å². The Morgan fingerprint density at radius 2 is 1.52 bits per heavy atom. The van der Waals surface area contributed by atoms with Crippen LogP contribution in [0.1, 0.15) is 124 Å². The fourth-order valence-corrected chi connectivity index (χ4v) is 10.1. The molecule has 4 fully saturated rings. The molecule has 1 heterocycles. The first kappa shape index (κ1) is 43.1. The Morgan fingerprint density at radius 1 is 0.911 bits per heavy atom. The molecule has 3 aliphatic carbocycles. The molecule has 1 aromatic rings. The highest BCUT2D eigenvalue weighted by Crippen LogP contribution is 2.65. The number of likely N-dealkylation sites (tertiary alicyclic amines) is 1. The summed E-state index contributed by atoms with van der Waals surface area (Å²) >= 11 is 0. The SMILES string of the molecule is C=CCNC(=O)C(=O)[C@H](CCC)NC(=O)[C@@H]1[C@@H]2[C@H](CN1C(=O)[C@@H](NC(=O)N[C@H](CN(C)c1c(C(C)(C)C)c(=O)c1=O)C1CCCCC1)C1CCCCC1)C2(C)C. The van der Waals surface area contributed by atoms with Gasteiger partial charge in [-0.2, -0.15) is 0 Å². The molecule has 1 aliphatic heterocycles. The number of ketones is 1. The van der Waals surface area contributed by atoms with E-state index < -0.39 is 58.0 Å². The number of carbonyl (C=O) groups excluding carboxylic acids is 5. The van der Waals surface area contributed by atoms with E-state index in [-0.39, 0.29) is 54.0 Å². The summed E-state index contributed by atoms with van der Waals surface area (Å²) in [6.07, 6.45) is 11.8. The van der Waals surface area contributed by atoms with Crippen LogP contribution in [-0.2, 0) is 24.6 Å². The molecule has 56 heavy (non-hydrogen) atoms. The molecule has 13 nitrogen and oxygen atoms in total. The maximum atomic E-state index is 14.8. The monoisotopic (exact) mass is 778 g/mol. The molecular formula is C43H66N6O7. The average Bonchev–Trinajstić information content (AvgIpc) is 3.46. The molecule has 0 unspecified atom stereocenters. The highest BCUT2D eigenvalue weighted by Gasteiger charge is 2.69. The van der Waals surface area contributed by atoms with E-state index >= 15 is 0 Å². The molecule has 5 amide bonds. The van der Waals surface area contributed by atoms with Crippen molar-refractivity contribution >= 4 is 35.2 Å². The molecule has 13 heteroatoms. The predicted octanol–water partition coefficient (Wildman–Crippen LogP) is 3.85. The van der Waals surface area contributed by atoms with Crippen molar-refractivity contribution in [1.29, 1.82) is 0 Å². The molecule has 0 spiro atoms. The van der Waals surface area contributed by atoms with E-state index in [9.17, 15) is 33.6 Å². The number of urea groups is 1. The van der Waals surface area contributed by atoms with Gasteiger partial charge in [-0.1, -0.05) is 92.6 Å². The van der Waals surface area contributed by atoms with E-state index in [4.69, 9.17) is 0 Å². The Hall–Kier alpha value is -4.03. The number of hydrogen-bond acceptors (Lipinski definition) is 8. The zero-order valence-electron chi connectivity index (χ0n) is 34.8. The van der Waals surface area contributed by atoms with Crippen molar-refractivity contribution in [2.24, 2.45) is 29.1 Å². The zero-order valence-corrected chi connectivity index (χ0v) is 34.8. The number of nitrogens with zero attached hydrogens (tertiary/aromatic N) is 2. The quantitative estimate of drug-likeness (QED) is 0.145. The van der Waals surface area contributed by atoms with Gasteiger partial charge in [0.15, 0.2) is 0 Å². The second-order valence-electron chi connectivity index (χ2n) is 18.6. The Kier molecular flexibility index (Phi) is 13.6. The van der Waals surface area contributed by atoms with Crippen LogP contribution < -0.4 is 37.0 Å². The molecule has 5 rings (SSSR count). The van der Waals surface area contributed by atoms with Crippen molar-refractivity contribution in [2.45, 2.75) is 148 Å². The minimum absolute atomic E-state index is 0.0823. The van der Waals surface area contributed by atoms with Crippen LogP contribution in [0.2, 0.25) is 0 Å². The lowest BCUT2D eigenvalue weighted by molar-refractivity contribution is -0.144. The minimum atomic E-state index is -1.04. The Morgan fingerprint density at radius 3 is 2.09 bits per heavy atom. The third kappa shape index (κ3) is 9.07. The second kappa shape index (κ2) is 17.6. The molecule has 1 aromatic carbocycles. The number of nitrogens with one attached hydrogen (secondary N) is 4. The maximum Gasteiger partial charge on any atom is 0.315 e. The van der Waals surface area contributed by atoms with Gasteiger partial charge in [-0.3, -0.25) is 28.8 Å². The summed E-state index contributed by atoms with van der Waals surface area (Å²) in [6.45, 7) is 16.2. The molecule has 6 atom stereocenters. The third-order valence-electron chi connectivity index (χ3n) is 13.3. The Balaban J connectivity index is 1.37. The molecule has 4 aliphatic rings. The maximum absolute atomic E-state index is 14.8. The highest BCUT2D eigenvalue weighted by molar-refractivity contribution is 6.38. The van der Waals surface area contributed by atoms with E-state index in [1.54, 1.807) is 11.9 Å². The molecule has 1 saturated heterocycles. The second-order valence-corrected chi connectivity index (χ2v) is 18.6. The summed E-state index contributed by atoms with van der Waals surface area (Å²) in [5.74, 6) is -2.30. The fourth-order valence-electron chi connectivity index (χ4n) is 10.1. The molecule has 3 saturated carbocycles. The standard InChI is InChI=1S/C43H66N6O7/c1-9-17-28(35(50)39(54)44-22-10-2)45-38(53)34-30-27(43(30,6)7)23-49(34)40(55)32(26-20-15-12-16-21-26)47-41(56)46-29(25-18-13-11-14-19-25)24-48(8)33-31(42(3,4)5)36(51)37(33)52/h10,25-30,32,34H,2,9,11-24H2,1,3-8H3,(H,44,54)(H,45,53)(H2,46,47,56)/t27-,28-,29+,30-,32-,34-/m0/s1. The van der Waals surface area contributed by atoms with Crippen LogP contribution in [-0.4, -0.2) is 85.3 Å². The molecule has 310 valence electrons. The average molecular weight is 779 g/mol. The Labute approximate surface area is 332 Å². The van der Waals surface area contributed by atoms with E-state index in [0.29, 0.717) is 30.8 Å². The van der Waals surface area contributed by atoms with Crippen LogP contribution in [0, 0.1) is 29.1 Å². The van der Waals surface area contributed by atoms with Gasteiger partial charge in [0.05, 0.1) is 17.8 Å². The van der Waals surface area contributed by atoms with Gasteiger partial charge >= 0.3 is 6.03 Å². The summed E-state index contributed by atoms with van der Waals surface area (Å²) in [5.41, 5.74) is -0.736. The van der Waals surface area contributed by atoms with Crippen molar-refractivity contribution in [3.05, 3.63) is 38.7 Å². The summed E-state index contributed by atoms with van der Waals surface area (Å²) < 4.78 is 0. The highest BCUT2D eigenvalue weighted by atomic mass is 16.2. The van der Waals surface area contributed by atoms with Crippen molar-refractivity contribution in [3.63, 3.8) is 0 Å². The summed E-state index contributed by atoms with van der Waals surface area (Å²) in [6, 6.07) is -3.56. The van der Waals surface area contributed by atoms with Gasteiger partial charge < -0.3 is 31.1 Å². The number of carbonyl (C=O) groups is 5. The first-order valence-electron chi connectivity index (χ1n) is 21.1. The smallest absolute Gasteiger partial charge is 0.315 e. The van der Waals surface area contributed by atoms with Crippen LogP contribution in [0.25, 0.3) is 0 Å². The predicted molar refractivity (Wildman–Crippen MR) is 217 cm³/mol. The number of hydrogen-bond donors (Lipinski definition) is 4. The van der Waals surface area contributed by atoms with E-state index in [2.05, 4.69) is 41.7 Å². The van der Waals surface area contributed by atoms with Crippen LogP contribution >= 0.6 is 0 Å². The summed E-state index contributed by atoms with van der Waals surface area (Å²) in [5, 5.41) is 11.7. The fraction of sp³-hybridized carbons (Fsp3) is 0.744. The van der Waals surface area contributed by atoms with E-state index in [1.807, 2.05) is 32.6 Å². The van der Waals surface area contributed by atoms with Crippen molar-refractivity contribution in [2.75, 3.05) is 31.6 Å². The number of rotatable bonds is 16. The number of anilines is 1. The first-order chi connectivity index (χ1) is 26.4. The van der Waals surface area contributed by atoms with Crippen LogP contribution in [0.4, 0.5) is 10.5 Å². The van der Waals surface area contributed by atoms with E-state index in [0.717, 1.165) is 64.2 Å². The molecular weight excluding hydrogens is 713 g/mol. The largest absolute Gasteiger partial charge is 0.369 e.